The van der Waals surface area contributed by atoms with Crippen LogP contribution in [0, 0.1) is 5.92 Å². The highest BCUT2D eigenvalue weighted by molar-refractivity contribution is 7.09. The molecule has 0 saturated heterocycles. The Hall–Kier alpha value is -1.88. The summed E-state index contributed by atoms with van der Waals surface area (Å²) in [5, 5.41) is 8.84. The predicted molar refractivity (Wildman–Crippen MR) is 99.1 cm³/mol. The van der Waals surface area contributed by atoms with Gasteiger partial charge in [0.1, 0.15) is 0 Å². The fraction of sp³-hybridized carbons (Fsp3) is 0.444. The number of nitrogens with one attached hydrogen (secondary N) is 2. The van der Waals surface area contributed by atoms with Crippen LogP contribution in [0.3, 0.4) is 0 Å². The van der Waals surface area contributed by atoms with Gasteiger partial charge >= 0.3 is 0 Å². The second-order valence-electron chi connectivity index (χ2n) is 5.65. The first-order valence-electron chi connectivity index (χ1n) is 8.21. The molecular formula is C18H26N4S. The zero-order valence-corrected chi connectivity index (χ0v) is 14.8. The highest BCUT2D eigenvalue weighted by Gasteiger charge is 2.05. The molecule has 0 spiro atoms. The van der Waals surface area contributed by atoms with Crippen molar-refractivity contribution in [3.63, 3.8) is 0 Å². The first kappa shape index (κ1) is 17.5. The minimum atomic E-state index is 0.544. The van der Waals surface area contributed by atoms with Crippen molar-refractivity contribution in [2.24, 2.45) is 10.9 Å². The molecule has 23 heavy (non-hydrogen) atoms. The fourth-order valence-corrected chi connectivity index (χ4v) is 3.17. The minimum absolute atomic E-state index is 0.544. The van der Waals surface area contributed by atoms with Crippen LogP contribution in [0.2, 0.25) is 0 Å². The number of aromatic nitrogens is 1. The van der Waals surface area contributed by atoms with Crippen molar-refractivity contribution >= 4 is 17.3 Å². The third-order valence-corrected chi connectivity index (χ3v) is 4.36. The summed E-state index contributed by atoms with van der Waals surface area (Å²) in [7, 11) is 0. The summed E-state index contributed by atoms with van der Waals surface area (Å²) >= 11 is 1.82. The number of thiophene rings is 1. The topological polar surface area (TPSA) is 49.3 Å². The maximum atomic E-state index is 4.71. The molecule has 1 unspecified atom stereocenters. The van der Waals surface area contributed by atoms with Crippen molar-refractivity contribution in [2.45, 2.75) is 26.7 Å². The third-order valence-electron chi connectivity index (χ3n) is 3.46. The molecule has 0 saturated carbocycles. The van der Waals surface area contributed by atoms with E-state index in [0.717, 1.165) is 38.4 Å². The Balaban J connectivity index is 1.77. The monoisotopic (exact) mass is 330 g/mol. The Labute approximate surface area is 143 Å². The molecule has 2 N–H and O–H groups in total. The molecular weight excluding hydrogens is 304 g/mol. The second-order valence-corrected chi connectivity index (χ2v) is 6.68. The van der Waals surface area contributed by atoms with Gasteiger partial charge in [-0.05, 0) is 48.8 Å². The second kappa shape index (κ2) is 10.0. The summed E-state index contributed by atoms with van der Waals surface area (Å²) in [5.74, 6) is 1.44. The van der Waals surface area contributed by atoms with E-state index in [2.05, 4.69) is 53.0 Å². The maximum Gasteiger partial charge on any atom is 0.191 e. The lowest BCUT2D eigenvalue weighted by Gasteiger charge is -2.13. The van der Waals surface area contributed by atoms with E-state index >= 15 is 0 Å². The molecule has 2 heterocycles. The van der Waals surface area contributed by atoms with Gasteiger partial charge in [-0.3, -0.25) is 9.98 Å². The summed E-state index contributed by atoms with van der Waals surface area (Å²) in [6, 6.07) is 8.38. The largest absolute Gasteiger partial charge is 0.357 e. The molecule has 1 atom stereocenters. The van der Waals surface area contributed by atoms with Crippen LogP contribution >= 0.6 is 11.3 Å². The van der Waals surface area contributed by atoms with Crippen LogP contribution in [0.4, 0.5) is 0 Å². The molecule has 5 heteroatoms. The van der Waals surface area contributed by atoms with Crippen LogP contribution in [-0.2, 0) is 12.8 Å². The van der Waals surface area contributed by atoms with E-state index in [-0.39, 0.29) is 0 Å². The van der Waals surface area contributed by atoms with Crippen molar-refractivity contribution < 1.29 is 0 Å². The molecule has 0 amide bonds. The number of nitrogens with zero attached hydrogens (tertiary/aromatic N) is 2. The van der Waals surface area contributed by atoms with E-state index in [4.69, 9.17) is 4.99 Å². The summed E-state index contributed by atoms with van der Waals surface area (Å²) in [5.41, 5.74) is 1.24. The van der Waals surface area contributed by atoms with E-state index < -0.39 is 0 Å². The Bertz CT molecular complexity index is 566. The first-order chi connectivity index (χ1) is 11.3. The number of hydrogen-bond donors (Lipinski definition) is 2. The van der Waals surface area contributed by atoms with Crippen molar-refractivity contribution in [1.29, 1.82) is 0 Å². The van der Waals surface area contributed by atoms with Gasteiger partial charge in [-0.1, -0.05) is 19.1 Å². The normalized spacial score (nSPS) is 12.9. The van der Waals surface area contributed by atoms with Crippen molar-refractivity contribution in [1.82, 2.24) is 15.6 Å². The average molecular weight is 331 g/mol. The Morgan fingerprint density at radius 3 is 2.91 bits per heavy atom. The van der Waals surface area contributed by atoms with Crippen LogP contribution in [0.5, 0.6) is 0 Å². The van der Waals surface area contributed by atoms with Gasteiger partial charge < -0.3 is 10.6 Å². The third kappa shape index (κ3) is 6.82. The van der Waals surface area contributed by atoms with E-state index in [0.29, 0.717) is 5.92 Å². The molecule has 2 aromatic heterocycles. The lowest BCUT2D eigenvalue weighted by molar-refractivity contribution is 0.595. The summed E-state index contributed by atoms with van der Waals surface area (Å²) in [6.07, 6.45) is 5.76. The summed E-state index contributed by atoms with van der Waals surface area (Å²) in [4.78, 5) is 10.3. The highest BCUT2D eigenvalue weighted by atomic mass is 32.1. The number of rotatable bonds is 8. The molecule has 0 aromatic carbocycles. The molecule has 2 rings (SSSR count). The molecule has 4 nitrogen and oxygen atoms in total. The molecule has 124 valence electrons. The molecule has 0 fully saturated rings. The predicted octanol–water partition coefficient (Wildman–Crippen LogP) is 3.12. The van der Waals surface area contributed by atoms with E-state index in [1.807, 2.05) is 23.6 Å². The van der Waals surface area contributed by atoms with Crippen LogP contribution in [0.15, 0.2) is 47.0 Å². The smallest absolute Gasteiger partial charge is 0.191 e. The van der Waals surface area contributed by atoms with Gasteiger partial charge in [0.15, 0.2) is 5.96 Å². The average Bonchev–Trinajstić information content (AvgIpc) is 3.06. The summed E-state index contributed by atoms with van der Waals surface area (Å²) in [6.45, 7) is 6.91. The summed E-state index contributed by atoms with van der Waals surface area (Å²) < 4.78 is 0. The van der Waals surface area contributed by atoms with E-state index in [9.17, 15) is 0 Å². The van der Waals surface area contributed by atoms with Gasteiger partial charge in [-0.15, -0.1) is 11.3 Å². The fourth-order valence-electron chi connectivity index (χ4n) is 2.30. The van der Waals surface area contributed by atoms with Gasteiger partial charge in [0.25, 0.3) is 0 Å². The molecule has 0 aliphatic carbocycles. The zero-order chi connectivity index (χ0) is 16.3. The molecule has 2 aromatic rings. The van der Waals surface area contributed by atoms with Crippen molar-refractivity contribution in [3.05, 3.63) is 52.5 Å². The zero-order valence-electron chi connectivity index (χ0n) is 14.0. The number of aliphatic imine (C=N–C) groups is 1. The van der Waals surface area contributed by atoms with Crippen molar-refractivity contribution in [2.75, 3.05) is 19.6 Å². The highest BCUT2D eigenvalue weighted by Crippen LogP contribution is 2.14. The quantitative estimate of drug-likeness (QED) is 0.577. The standard InChI is InChI=1S/C18H26N4S/c1-3-20-18(21-10-8-16-6-4-9-19-14-16)22-13-15(2)12-17-7-5-11-23-17/h4-7,9,11,14-15H,3,8,10,12-13H2,1-2H3,(H2,20,21,22). The van der Waals surface area contributed by atoms with Crippen LogP contribution in [0.25, 0.3) is 0 Å². The minimum Gasteiger partial charge on any atom is -0.357 e. The van der Waals surface area contributed by atoms with Gasteiger partial charge in [0.2, 0.25) is 0 Å². The van der Waals surface area contributed by atoms with Crippen LogP contribution in [-0.4, -0.2) is 30.6 Å². The van der Waals surface area contributed by atoms with Gasteiger partial charge in [-0.2, -0.15) is 0 Å². The van der Waals surface area contributed by atoms with Gasteiger partial charge in [0, 0.05) is 36.9 Å². The Morgan fingerprint density at radius 2 is 2.22 bits per heavy atom. The maximum absolute atomic E-state index is 4.71. The first-order valence-corrected chi connectivity index (χ1v) is 9.09. The SMILES string of the molecule is CCNC(=NCC(C)Cc1cccs1)NCCc1cccnc1. The lowest BCUT2D eigenvalue weighted by atomic mass is 10.1. The lowest BCUT2D eigenvalue weighted by Crippen LogP contribution is -2.38. The molecule has 0 aliphatic rings. The van der Waals surface area contributed by atoms with Crippen LogP contribution in [0.1, 0.15) is 24.3 Å². The Kier molecular flexibility index (Phi) is 7.60. The Morgan fingerprint density at radius 1 is 1.30 bits per heavy atom. The van der Waals surface area contributed by atoms with Crippen molar-refractivity contribution in [3.8, 4) is 0 Å². The number of guanidine groups is 1. The number of hydrogen-bond acceptors (Lipinski definition) is 3. The van der Waals surface area contributed by atoms with E-state index in [1.165, 1.54) is 10.4 Å². The molecule has 0 radical (unpaired) electrons. The number of pyridine rings is 1. The van der Waals surface area contributed by atoms with Gasteiger partial charge in [-0.25, -0.2) is 0 Å². The van der Waals surface area contributed by atoms with Gasteiger partial charge in [0.05, 0.1) is 0 Å². The molecule has 0 bridgehead atoms. The van der Waals surface area contributed by atoms with E-state index in [1.54, 1.807) is 6.20 Å². The molecule has 0 aliphatic heterocycles. The van der Waals surface area contributed by atoms with Crippen LogP contribution < -0.4 is 10.6 Å².